The largest absolute Gasteiger partial charge is 0.483 e. The Balaban J connectivity index is 1.67. The molecular formula is C21H21BrClN3O4. The SMILES string of the molecule is C[C@H]1CC(=O)Nc2ccccc2N1C(=O)CN(C)C(=O)COc1ccc(Cl)cc1Br. The van der Waals surface area contributed by atoms with Crippen LogP contribution < -0.4 is 15.0 Å². The van der Waals surface area contributed by atoms with Crippen LogP contribution in [0.1, 0.15) is 13.3 Å². The fourth-order valence-corrected chi connectivity index (χ4v) is 3.97. The van der Waals surface area contributed by atoms with Gasteiger partial charge in [0.2, 0.25) is 11.8 Å². The molecule has 2 aromatic rings. The third-order valence-electron chi connectivity index (χ3n) is 4.67. The van der Waals surface area contributed by atoms with E-state index in [0.29, 0.717) is 26.6 Å². The van der Waals surface area contributed by atoms with Crippen molar-refractivity contribution in [3.05, 3.63) is 52.0 Å². The number of para-hydroxylation sites is 2. The molecule has 1 aliphatic heterocycles. The fraction of sp³-hybridized carbons (Fsp3) is 0.286. The molecular weight excluding hydrogens is 474 g/mol. The van der Waals surface area contributed by atoms with Crippen LogP contribution in [0.15, 0.2) is 46.9 Å². The lowest BCUT2D eigenvalue weighted by atomic mass is 10.1. The first-order chi connectivity index (χ1) is 14.3. The zero-order valence-electron chi connectivity index (χ0n) is 16.5. The molecule has 3 amide bonds. The van der Waals surface area contributed by atoms with Crippen molar-refractivity contribution < 1.29 is 19.1 Å². The maximum absolute atomic E-state index is 13.0. The number of hydrogen-bond donors (Lipinski definition) is 1. The Bertz CT molecular complexity index is 984. The van der Waals surface area contributed by atoms with Crippen molar-refractivity contribution >= 4 is 56.6 Å². The zero-order chi connectivity index (χ0) is 21.8. The van der Waals surface area contributed by atoms with Gasteiger partial charge in [0.25, 0.3) is 5.91 Å². The van der Waals surface area contributed by atoms with E-state index in [2.05, 4.69) is 21.2 Å². The van der Waals surface area contributed by atoms with Gasteiger partial charge >= 0.3 is 0 Å². The highest BCUT2D eigenvalue weighted by Crippen LogP contribution is 2.31. The summed E-state index contributed by atoms with van der Waals surface area (Å²) in [7, 11) is 1.54. The average molecular weight is 495 g/mol. The van der Waals surface area contributed by atoms with Gasteiger partial charge in [-0.3, -0.25) is 14.4 Å². The summed E-state index contributed by atoms with van der Waals surface area (Å²) in [6.07, 6.45) is 0.172. The molecule has 158 valence electrons. The van der Waals surface area contributed by atoms with Gasteiger partial charge in [0.15, 0.2) is 6.61 Å². The first-order valence-corrected chi connectivity index (χ1v) is 10.5. The summed E-state index contributed by atoms with van der Waals surface area (Å²) in [4.78, 5) is 40.5. The molecule has 1 heterocycles. The van der Waals surface area contributed by atoms with E-state index >= 15 is 0 Å². The van der Waals surface area contributed by atoms with Gasteiger partial charge in [-0.05, 0) is 53.2 Å². The van der Waals surface area contributed by atoms with Crippen molar-refractivity contribution in [2.75, 3.05) is 30.4 Å². The Hall–Kier alpha value is -2.58. The molecule has 0 radical (unpaired) electrons. The predicted molar refractivity (Wildman–Crippen MR) is 119 cm³/mol. The summed E-state index contributed by atoms with van der Waals surface area (Å²) >= 11 is 9.23. The number of fused-ring (bicyclic) bond motifs is 1. The van der Waals surface area contributed by atoms with Gasteiger partial charge in [0, 0.05) is 24.5 Å². The molecule has 1 aliphatic rings. The molecule has 0 fully saturated rings. The number of rotatable bonds is 5. The first kappa shape index (κ1) is 22.1. The molecule has 0 bridgehead atoms. The summed E-state index contributed by atoms with van der Waals surface area (Å²) in [5, 5.41) is 3.36. The molecule has 9 heteroatoms. The Morgan fingerprint density at radius 2 is 2.03 bits per heavy atom. The van der Waals surface area contributed by atoms with Gasteiger partial charge < -0.3 is 19.9 Å². The second-order valence-corrected chi connectivity index (χ2v) is 8.29. The third-order valence-corrected chi connectivity index (χ3v) is 5.53. The van der Waals surface area contributed by atoms with Crippen LogP contribution >= 0.6 is 27.5 Å². The normalized spacial score (nSPS) is 15.7. The summed E-state index contributed by atoms with van der Waals surface area (Å²) in [5.41, 5.74) is 1.19. The van der Waals surface area contributed by atoms with Gasteiger partial charge in [-0.25, -0.2) is 0 Å². The maximum atomic E-state index is 13.0. The van der Waals surface area contributed by atoms with Crippen LogP contribution in [0.25, 0.3) is 0 Å². The highest BCUT2D eigenvalue weighted by molar-refractivity contribution is 9.10. The smallest absolute Gasteiger partial charge is 0.260 e. The van der Waals surface area contributed by atoms with Crippen LogP contribution in [0.2, 0.25) is 5.02 Å². The lowest BCUT2D eigenvalue weighted by Gasteiger charge is -2.29. The summed E-state index contributed by atoms with van der Waals surface area (Å²) in [6.45, 7) is 1.44. The van der Waals surface area contributed by atoms with Crippen molar-refractivity contribution in [1.82, 2.24) is 4.90 Å². The number of amides is 3. The van der Waals surface area contributed by atoms with Crippen LogP contribution in [0.3, 0.4) is 0 Å². The van der Waals surface area contributed by atoms with Gasteiger partial charge in [-0.15, -0.1) is 0 Å². The number of benzene rings is 2. The third kappa shape index (κ3) is 5.12. The lowest BCUT2D eigenvalue weighted by molar-refractivity contribution is -0.135. The van der Waals surface area contributed by atoms with Crippen molar-refractivity contribution in [2.45, 2.75) is 19.4 Å². The average Bonchev–Trinajstić information content (AvgIpc) is 2.81. The molecule has 1 atom stereocenters. The first-order valence-electron chi connectivity index (χ1n) is 9.29. The minimum Gasteiger partial charge on any atom is -0.483 e. The lowest BCUT2D eigenvalue weighted by Crippen LogP contribution is -2.46. The number of anilines is 2. The number of nitrogens with zero attached hydrogens (tertiary/aromatic N) is 2. The summed E-state index contributed by atoms with van der Waals surface area (Å²) in [6, 6.07) is 11.8. The van der Waals surface area contributed by atoms with Gasteiger partial charge in [-0.1, -0.05) is 23.7 Å². The van der Waals surface area contributed by atoms with E-state index in [4.69, 9.17) is 16.3 Å². The van der Waals surface area contributed by atoms with E-state index < -0.39 is 0 Å². The molecule has 7 nitrogen and oxygen atoms in total. The highest BCUT2D eigenvalue weighted by Gasteiger charge is 2.30. The molecule has 0 spiro atoms. The van der Waals surface area contributed by atoms with Crippen molar-refractivity contribution in [3.8, 4) is 5.75 Å². The van der Waals surface area contributed by atoms with Crippen LogP contribution in [0.5, 0.6) is 5.75 Å². The van der Waals surface area contributed by atoms with Crippen LogP contribution in [-0.2, 0) is 14.4 Å². The summed E-state index contributed by atoms with van der Waals surface area (Å²) < 4.78 is 6.17. The Kier molecular flexibility index (Phi) is 6.99. The number of nitrogens with one attached hydrogen (secondary N) is 1. The molecule has 0 aromatic heterocycles. The van der Waals surface area contributed by atoms with E-state index in [0.717, 1.165) is 0 Å². The molecule has 3 rings (SSSR count). The number of ether oxygens (including phenoxy) is 1. The molecule has 2 aromatic carbocycles. The number of carbonyl (C=O) groups is 3. The molecule has 0 saturated heterocycles. The van der Waals surface area contributed by atoms with Crippen molar-refractivity contribution in [2.24, 2.45) is 0 Å². The van der Waals surface area contributed by atoms with Crippen molar-refractivity contribution in [1.29, 1.82) is 0 Å². The fourth-order valence-electron chi connectivity index (χ4n) is 3.18. The second kappa shape index (κ2) is 9.49. The Morgan fingerprint density at radius 1 is 1.30 bits per heavy atom. The van der Waals surface area contributed by atoms with E-state index in [1.165, 1.54) is 11.9 Å². The Labute approximate surface area is 188 Å². The molecule has 30 heavy (non-hydrogen) atoms. The van der Waals surface area contributed by atoms with Gasteiger partial charge in [-0.2, -0.15) is 0 Å². The Morgan fingerprint density at radius 3 is 2.77 bits per heavy atom. The topological polar surface area (TPSA) is 79.0 Å². The van der Waals surface area contributed by atoms with Crippen LogP contribution in [0, 0.1) is 0 Å². The number of carbonyl (C=O) groups excluding carboxylic acids is 3. The number of hydrogen-bond acceptors (Lipinski definition) is 4. The van der Waals surface area contributed by atoms with Gasteiger partial charge in [0.05, 0.1) is 22.4 Å². The molecule has 0 unspecified atom stereocenters. The minimum absolute atomic E-state index is 0.142. The van der Waals surface area contributed by atoms with Crippen LogP contribution in [-0.4, -0.2) is 48.9 Å². The highest BCUT2D eigenvalue weighted by atomic mass is 79.9. The number of likely N-dealkylation sites (N-methyl/N-ethyl adjacent to an activating group) is 1. The predicted octanol–water partition coefficient (Wildman–Crippen LogP) is 3.70. The molecule has 0 aliphatic carbocycles. The van der Waals surface area contributed by atoms with E-state index in [1.807, 2.05) is 6.92 Å². The monoisotopic (exact) mass is 493 g/mol. The second-order valence-electron chi connectivity index (χ2n) is 7.00. The quantitative estimate of drug-likeness (QED) is 0.687. The van der Waals surface area contributed by atoms with E-state index in [1.54, 1.807) is 47.4 Å². The minimum atomic E-state index is -0.352. The molecule has 1 N–H and O–H groups in total. The van der Waals surface area contributed by atoms with Gasteiger partial charge in [0.1, 0.15) is 5.75 Å². The maximum Gasteiger partial charge on any atom is 0.260 e. The standard InChI is InChI=1S/C21H21BrClN3O4/c1-13-9-19(27)24-16-5-3-4-6-17(16)26(13)20(28)11-25(2)21(29)12-30-18-8-7-14(23)10-15(18)22/h3-8,10,13H,9,11-12H2,1-2H3,(H,24,27)/t13-/m0/s1. The molecule has 0 saturated carbocycles. The van der Waals surface area contributed by atoms with Crippen LogP contribution in [0.4, 0.5) is 11.4 Å². The van der Waals surface area contributed by atoms with E-state index in [-0.39, 0.29) is 43.3 Å². The number of halogens is 2. The zero-order valence-corrected chi connectivity index (χ0v) is 18.9. The van der Waals surface area contributed by atoms with Crippen molar-refractivity contribution in [3.63, 3.8) is 0 Å². The summed E-state index contributed by atoms with van der Waals surface area (Å²) in [5.74, 6) is -0.311. The van der Waals surface area contributed by atoms with E-state index in [9.17, 15) is 14.4 Å².